The third-order valence-corrected chi connectivity index (χ3v) is 4.28. The summed E-state index contributed by atoms with van der Waals surface area (Å²) in [6.07, 6.45) is 0. The highest BCUT2D eigenvalue weighted by Crippen LogP contribution is 2.26. The molecule has 0 saturated heterocycles. The van der Waals surface area contributed by atoms with E-state index in [0.29, 0.717) is 22.6 Å². The van der Waals surface area contributed by atoms with Crippen molar-refractivity contribution in [3.8, 4) is 6.07 Å². The Labute approximate surface area is 123 Å². The Balaban J connectivity index is 2.32. The summed E-state index contributed by atoms with van der Waals surface area (Å²) in [5.41, 5.74) is 7.96. The van der Waals surface area contributed by atoms with Crippen LogP contribution in [0.15, 0.2) is 47.4 Å². The van der Waals surface area contributed by atoms with Crippen LogP contribution in [0.5, 0.6) is 0 Å². The Kier molecular flexibility index (Phi) is 4.12. The number of hydrogen-bond donors (Lipinski definition) is 3. The van der Waals surface area contributed by atoms with E-state index in [1.807, 2.05) is 6.07 Å². The topological polar surface area (TPSA) is 108 Å². The molecular weight excluding hydrogens is 288 g/mol. The second kappa shape index (κ2) is 5.83. The molecule has 0 aliphatic heterocycles. The number of benzene rings is 2. The van der Waals surface area contributed by atoms with Crippen LogP contribution in [0.4, 0.5) is 17.1 Å². The molecule has 4 N–H and O–H groups in total. The lowest BCUT2D eigenvalue weighted by Crippen LogP contribution is -2.18. The zero-order valence-electron chi connectivity index (χ0n) is 11.3. The van der Waals surface area contributed by atoms with Crippen LogP contribution in [0, 0.1) is 11.3 Å². The summed E-state index contributed by atoms with van der Waals surface area (Å²) in [4.78, 5) is 0.0961. The van der Waals surface area contributed by atoms with Crippen molar-refractivity contribution in [3.63, 3.8) is 0 Å². The molecule has 0 radical (unpaired) electrons. The molecule has 0 saturated carbocycles. The highest BCUT2D eigenvalue weighted by molar-refractivity contribution is 7.89. The minimum atomic E-state index is -3.52. The second-order valence-electron chi connectivity index (χ2n) is 4.27. The van der Waals surface area contributed by atoms with Crippen molar-refractivity contribution in [3.05, 3.63) is 48.0 Å². The first-order valence-corrected chi connectivity index (χ1v) is 7.55. The lowest BCUT2D eigenvalue weighted by Gasteiger charge is -2.11. The van der Waals surface area contributed by atoms with E-state index in [1.54, 1.807) is 30.3 Å². The van der Waals surface area contributed by atoms with Gasteiger partial charge in [-0.25, -0.2) is 13.1 Å². The predicted molar refractivity (Wildman–Crippen MR) is 81.5 cm³/mol. The van der Waals surface area contributed by atoms with Gasteiger partial charge in [0.05, 0.1) is 27.9 Å². The standard InChI is InChI=1S/C14H14N4O2S/c1-17-21(19,20)12-5-6-14(13(16)8-12)18-11-4-2-3-10(7-11)9-15/h2-8,17-18H,16H2,1H3. The quantitative estimate of drug-likeness (QED) is 0.746. The number of rotatable bonds is 4. The minimum Gasteiger partial charge on any atom is -0.397 e. The Hall–Kier alpha value is -2.56. The zero-order valence-corrected chi connectivity index (χ0v) is 12.1. The molecule has 2 aromatic rings. The first-order chi connectivity index (χ1) is 9.96. The molecule has 0 fully saturated rings. The monoisotopic (exact) mass is 302 g/mol. The van der Waals surface area contributed by atoms with Crippen LogP contribution in [-0.4, -0.2) is 15.5 Å². The number of anilines is 3. The number of nitrogen functional groups attached to an aromatic ring is 1. The van der Waals surface area contributed by atoms with Gasteiger partial charge in [-0.05, 0) is 43.4 Å². The first kappa shape index (κ1) is 14.8. The van der Waals surface area contributed by atoms with Gasteiger partial charge in [0.2, 0.25) is 10.0 Å². The van der Waals surface area contributed by atoms with Gasteiger partial charge in [0.15, 0.2) is 0 Å². The molecule has 0 atom stereocenters. The molecule has 2 aromatic carbocycles. The van der Waals surface area contributed by atoms with E-state index >= 15 is 0 Å². The fourth-order valence-electron chi connectivity index (χ4n) is 1.76. The highest BCUT2D eigenvalue weighted by atomic mass is 32.2. The lowest BCUT2D eigenvalue weighted by molar-refractivity contribution is 0.588. The Morgan fingerprint density at radius 2 is 1.95 bits per heavy atom. The maximum atomic E-state index is 11.7. The van der Waals surface area contributed by atoms with E-state index < -0.39 is 10.0 Å². The summed E-state index contributed by atoms with van der Waals surface area (Å²) in [6, 6.07) is 13.4. The summed E-state index contributed by atoms with van der Waals surface area (Å²) in [7, 11) is -2.18. The fraction of sp³-hybridized carbons (Fsp3) is 0.0714. The van der Waals surface area contributed by atoms with Crippen molar-refractivity contribution in [1.29, 1.82) is 5.26 Å². The van der Waals surface area contributed by atoms with Crippen LogP contribution >= 0.6 is 0 Å². The third-order valence-electron chi connectivity index (χ3n) is 2.87. The van der Waals surface area contributed by atoms with E-state index in [9.17, 15) is 8.42 Å². The molecule has 108 valence electrons. The molecule has 6 nitrogen and oxygen atoms in total. The van der Waals surface area contributed by atoms with Crippen LogP contribution in [0.1, 0.15) is 5.56 Å². The molecule has 0 aliphatic rings. The highest BCUT2D eigenvalue weighted by Gasteiger charge is 2.13. The Morgan fingerprint density at radius 3 is 2.57 bits per heavy atom. The summed E-state index contributed by atoms with van der Waals surface area (Å²) in [5, 5.41) is 11.9. The molecule has 0 aliphatic carbocycles. The molecule has 0 spiro atoms. The van der Waals surface area contributed by atoms with Gasteiger partial charge in [0.1, 0.15) is 0 Å². The molecule has 0 heterocycles. The lowest BCUT2D eigenvalue weighted by atomic mass is 10.2. The first-order valence-electron chi connectivity index (χ1n) is 6.06. The van der Waals surface area contributed by atoms with Crippen LogP contribution in [0.2, 0.25) is 0 Å². The smallest absolute Gasteiger partial charge is 0.240 e. The maximum Gasteiger partial charge on any atom is 0.240 e. The summed E-state index contributed by atoms with van der Waals surface area (Å²) in [6.45, 7) is 0. The number of sulfonamides is 1. The average molecular weight is 302 g/mol. The number of hydrogen-bond acceptors (Lipinski definition) is 5. The van der Waals surface area contributed by atoms with E-state index in [1.165, 1.54) is 19.2 Å². The van der Waals surface area contributed by atoms with Gasteiger partial charge in [-0.1, -0.05) is 6.07 Å². The minimum absolute atomic E-state index is 0.0961. The van der Waals surface area contributed by atoms with E-state index in [0.717, 1.165) is 0 Å². The van der Waals surface area contributed by atoms with Gasteiger partial charge in [-0.15, -0.1) is 0 Å². The normalized spacial score (nSPS) is 10.9. The van der Waals surface area contributed by atoms with Crippen LogP contribution in [0.25, 0.3) is 0 Å². The van der Waals surface area contributed by atoms with Crippen molar-refractivity contribution in [2.75, 3.05) is 18.1 Å². The van der Waals surface area contributed by atoms with Crippen LogP contribution < -0.4 is 15.8 Å². The van der Waals surface area contributed by atoms with E-state index in [4.69, 9.17) is 11.0 Å². The molecule has 0 unspecified atom stereocenters. The molecule has 0 bridgehead atoms. The number of nitriles is 1. The van der Waals surface area contributed by atoms with E-state index in [2.05, 4.69) is 10.0 Å². The maximum absolute atomic E-state index is 11.7. The fourth-order valence-corrected chi connectivity index (χ4v) is 2.53. The van der Waals surface area contributed by atoms with Crippen molar-refractivity contribution in [2.45, 2.75) is 4.90 Å². The predicted octanol–water partition coefficient (Wildman–Crippen LogP) is 1.79. The number of nitrogens with zero attached hydrogens (tertiary/aromatic N) is 1. The molecule has 0 amide bonds. The van der Waals surface area contributed by atoms with Gasteiger partial charge >= 0.3 is 0 Å². The van der Waals surface area contributed by atoms with Crippen LogP contribution in [0.3, 0.4) is 0 Å². The van der Waals surface area contributed by atoms with Gasteiger partial charge in [-0.2, -0.15) is 5.26 Å². The Morgan fingerprint density at radius 1 is 1.19 bits per heavy atom. The van der Waals surface area contributed by atoms with Crippen molar-refractivity contribution >= 4 is 27.1 Å². The van der Waals surface area contributed by atoms with Gasteiger partial charge in [0.25, 0.3) is 0 Å². The zero-order chi connectivity index (χ0) is 15.5. The number of nitrogens with one attached hydrogen (secondary N) is 2. The molecule has 7 heteroatoms. The SMILES string of the molecule is CNS(=O)(=O)c1ccc(Nc2cccc(C#N)c2)c(N)c1. The van der Waals surface area contributed by atoms with Crippen molar-refractivity contribution in [1.82, 2.24) is 4.72 Å². The van der Waals surface area contributed by atoms with Crippen molar-refractivity contribution in [2.24, 2.45) is 0 Å². The molecule has 2 rings (SSSR count). The van der Waals surface area contributed by atoms with Gasteiger partial charge in [0, 0.05) is 5.69 Å². The molecular formula is C14H14N4O2S. The van der Waals surface area contributed by atoms with Gasteiger partial charge < -0.3 is 11.1 Å². The largest absolute Gasteiger partial charge is 0.397 e. The third kappa shape index (κ3) is 3.31. The summed E-state index contributed by atoms with van der Waals surface area (Å²) < 4.78 is 25.6. The average Bonchev–Trinajstić information content (AvgIpc) is 2.49. The summed E-state index contributed by atoms with van der Waals surface area (Å²) >= 11 is 0. The number of nitrogens with two attached hydrogens (primary N) is 1. The van der Waals surface area contributed by atoms with Gasteiger partial charge in [-0.3, -0.25) is 0 Å². The second-order valence-corrected chi connectivity index (χ2v) is 6.16. The summed E-state index contributed by atoms with van der Waals surface area (Å²) in [5.74, 6) is 0. The van der Waals surface area contributed by atoms with Crippen LogP contribution in [-0.2, 0) is 10.0 Å². The Bertz CT molecular complexity index is 810. The molecule has 21 heavy (non-hydrogen) atoms. The molecule has 0 aromatic heterocycles. The van der Waals surface area contributed by atoms with Crippen molar-refractivity contribution < 1.29 is 8.42 Å². The van der Waals surface area contributed by atoms with E-state index in [-0.39, 0.29) is 4.90 Å².